The Bertz CT molecular complexity index is 1210. The molecule has 7 nitrogen and oxygen atoms in total. The van der Waals surface area contributed by atoms with Crippen molar-refractivity contribution in [2.75, 3.05) is 31.1 Å². The van der Waals surface area contributed by atoms with Gasteiger partial charge >= 0.3 is 0 Å². The van der Waals surface area contributed by atoms with E-state index < -0.39 is 0 Å². The third-order valence-electron chi connectivity index (χ3n) is 6.76. The molecule has 1 atom stereocenters. The molecule has 2 aromatic heterocycles. The van der Waals surface area contributed by atoms with E-state index in [0.29, 0.717) is 19.5 Å². The zero-order chi connectivity index (χ0) is 26.0. The monoisotopic (exact) mass is 494 g/mol. The first-order valence-corrected chi connectivity index (χ1v) is 13.1. The summed E-state index contributed by atoms with van der Waals surface area (Å²) in [7, 11) is 0. The summed E-state index contributed by atoms with van der Waals surface area (Å²) in [4.78, 5) is 27.3. The van der Waals surface area contributed by atoms with Gasteiger partial charge in [-0.05, 0) is 49.4 Å². The summed E-state index contributed by atoms with van der Waals surface area (Å²) in [6.45, 7) is 15.6. The van der Waals surface area contributed by atoms with Crippen LogP contribution in [0.3, 0.4) is 0 Å². The average Bonchev–Trinajstić information content (AvgIpc) is 2.98. The molecule has 1 aromatic carbocycles. The first-order chi connectivity index (χ1) is 17.1. The first-order valence-electron chi connectivity index (χ1n) is 13.1. The van der Waals surface area contributed by atoms with Crippen molar-refractivity contribution in [1.29, 1.82) is 0 Å². The Labute approximate surface area is 213 Å². The van der Waals surface area contributed by atoms with Crippen LogP contribution < -0.4 is 4.90 Å². The fourth-order valence-electron chi connectivity index (χ4n) is 4.90. The van der Waals surface area contributed by atoms with E-state index in [1.54, 1.807) is 16.8 Å². The second kappa shape index (κ2) is 10.5. The van der Waals surface area contributed by atoms with E-state index in [1.807, 2.05) is 11.8 Å². The number of anilines is 1. The minimum absolute atomic E-state index is 0.0295. The van der Waals surface area contributed by atoms with Gasteiger partial charge in [0.2, 0.25) is 5.91 Å². The van der Waals surface area contributed by atoms with Crippen molar-refractivity contribution in [1.82, 2.24) is 24.6 Å². The Balaban J connectivity index is 1.74. The number of carbonyl (C=O) groups is 1. The molecule has 194 valence electrons. The number of nitrogens with zero attached hydrogens (tertiary/aromatic N) is 6. The van der Waals surface area contributed by atoms with Gasteiger partial charge in [0.05, 0.1) is 16.8 Å². The van der Waals surface area contributed by atoms with Crippen LogP contribution in [0.4, 0.5) is 10.2 Å². The van der Waals surface area contributed by atoms with Gasteiger partial charge in [-0.3, -0.25) is 4.79 Å². The van der Waals surface area contributed by atoms with Crippen LogP contribution in [0.5, 0.6) is 0 Å². The lowest BCUT2D eigenvalue weighted by atomic mass is 9.91. The zero-order valence-electron chi connectivity index (χ0n) is 22.5. The Morgan fingerprint density at radius 3 is 2.47 bits per heavy atom. The molecule has 0 bridgehead atoms. The molecule has 3 aromatic rings. The first kappa shape index (κ1) is 26.0. The molecular formula is C28H39FN6O. The number of amides is 1. The van der Waals surface area contributed by atoms with Crippen LogP contribution in [0.1, 0.15) is 77.7 Å². The van der Waals surface area contributed by atoms with Gasteiger partial charge in [-0.15, -0.1) is 0 Å². The second-order valence-electron chi connectivity index (χ2n) is 11.2. The highest BCUT2D eigenvalue weighted by Crippen LogP contribution is 2.32. The summed E-state index contributed by atoms with van der Waals surface area (Å²) < 4.78 is 15.4. The van der Waals surface area contributed by atoms with Crippen molar-refractivity contribution in [2.45, 2.75) is 73.1 Å². The van der Waals surface area contributed by atoms with E-state index in [0.717, 1.165) is 66.4 Å². The number of fused-ring (bicyclic) bond motifs is 1. The van der Waals surface area contributed by atoms with Crippen molar-refractivity contribution in [3.63, 3.8) is 0 Å². The lowest BCUT2D eigenvalue weighted by Gasteiger charge is -2.26. The quantitative estimate of drug-likeness (QED) is 0.444. The van der Waals surface area contributed by atoms with Crippen LogP contribution in [0.25, 0.3) is 16.7 Å². The summed E-state index contributed by atoms with van der Waals surface area (Å²) in [5.41, 5.74) is 2.32. The fraction of sp³-hybridized carbons (Fsp3) is 0.571. The maximum atomic E-state index is 13.6. The smallest absolute Gasteiger partial charge is 0.223 e. The van der Waals surface area contributed by atoms with E-state index in [2.05, 4.69) is 39.5 Å². The van der Waals surface area contributed by atoms with Crippen LogP contribution in [0, 0.1) is 18.2 Å². The molecule has 0 N–H and O–H groups in total. The summed E-state index contributed by atoms with van der Waals surface area (Å²) in [6.07, 6.45) is 3.46. The van der Waals surface area contributed by atoms with E-state index >= 15 is 0 Å². The van der Waals surface area contributed by atoms with E-state index in [4.69, 9.17) is 15.1 Å². The molecule has 1 amide bonds. The molecule has 1 fully saturated rings. The molecule has 0 unspecified atom stereocenters. The van der Waals surface area contributed by atoms with E-state index in [9.17, 15) is 9.18 Å². The van der Waals surface area contributed by atoms with Gasteiger partial charge in [-0.1, -0.05) is 41.0 Å². The number of carbonyl (C=O) groups excluding carboxylic acids is 1. The number of halogens is 1. The standard InChI is InChI=1S/C28H39FN6O/c1-7-9-19(2)25-30-26(34-15-8-14-33(16-17-34)23(36)18-28(4,5)6)24-20(3)32-35(27(24)31-25)22-12-10-21(29)11-13-22/h10-13,19H,7-9,14-18H2,1-6H3/t19-/m0/s1. The lowest BCUT2D eigenvalue weighted by Crippen LogP contribution is -2.37. The third-order valence-corrected chi connectivity index (χ3v) is 6.76. The SMILES string of the molecule is CCC[C@H](C)c1nc(N2CCCN(C(=O)CC(C)(C)C)CC2)c2c(C)nn(-c3ccc(F)cc3)c2n1. The molecule has 1 aliphatic heterocycles. The van der Waals surface area contributed by atoms with Crippen LogP contribution in [-0.4, -0.2) is 56.7 Å². The molecule has 0 spiro atoms. The fourth-order valence-corrected chi connectivity index (χ4v) is 4.90. The van der Waals surface area contributed by atoms with Crippen molar-refractivity contribution < 1.29 is 9.18 Å². The maximum Gasteiger partial charge on any atom is 0.223 e. The van der Waals surface area contributed by atoms with Gasteiger partial charge in [0, 0.05) is 38.5 Å². The van der Waals surface area contributed by atoms with Crippen molar-refractivity contribution >= 4 is 22.8 Å². The largest absolute Gasteiger partial charge is 0.354 e. The number of hydrogen-bond donors (Lipinski definition) is 0. The van der Waals surface area contributed by atoms with Crippen LogP contribution in [0.15, 0.2) is 24.3 Å². The highest BCUT2D eigenvalue weighted by Gasteiger charge is 2.27. The van der Waals surface area contributed by atoms with Crippen LogP contribution in [-0.2, 0) is 4.79 Å². The molecule has 0 aliphatic carbocycles. The van der Waals surface area contributed by atoms with Gasteiger partial charge in [-0.2, -0.15) is 5.10 Å². The molecule has 1 aliphatic rings. The number of aryl methyl sites for hydroxylation is 1. The van der Waals surface area contributed by atoms with Gasteiger partial charge in [0.15, 0.2) is 5.65 Å². The molecule has 3 heterocycles. The highest BCUT2D eigenvalue weighted by molar-refractivity contribution is 5.91. The molecule has 36 heavy (non-hydrogen) atoms. The second-order valence-corrected chi connectivity index (χ2v) is 11.2. The molecule has 0 radical (unpaired) electrons. The van der Waals surface area contributed by atoms with E-state index in [1.165, 1.54) is 12.1 Å². The van der Waals surface area contributed by atoms with Gasteiger partial charge in [0.1, 0.15) is 17.5 Å². The normalized spacial score (nSPS) is 15.9. The predicted octanol–water partition coefficient (Wildman–Crippen LogP) is 5.64. The number of hydrogen-bond acceptors (Lipinski definition) is 5. The summed E-state index contributed by atoms with van der Waals surface area (Å²) in [6, 6.07) is 6.34. The highest BCUT2D eigenvalue weighted by atomic mass is 19.1. The number of aromatic nitrogens is 4. The maximum absolute atomic E-state index is 13.6. The number of benzene rings is 1. The van der Waals surface area contributed by atoms with Gasteiger partial charge in [-0.25, -0.2) is 19.0 Å². The minimum atomic E-state index is -0.283. The molecule has 8 heteroatoms. The number of rotatable bonds is 6. The third kappa shape index (κ3) is 5.68. The van der Waals surface area contributed by atoms with E-state index in [-0.39, 0.29) is 23.1 Å². The molecular weight excluding hydrogens is 455 g/mol. The zero-order valence-corrected chi connectivity index (χ0v) is 22.5. The van der Waals surface area contributed by atoms with Crippen LogP contribution >= 0.6 is 0 Å². The molecule has 4 rings (SSSR count). The van der Waals surface area contributed by atoms with Gasteiger partial charge < -0.3 is 9.80 Å². The topological polar surface area (TPSA) is 67.2 Å². The Kier molecular flexibility index (Phi) is 7.62. The van der Waals surface area contributed by atoms with Crippen molar-refractivity contribution in [3.8, 4) is 5.69 Å². The van der Waals surface area contributed by atoms with Crippen LogP contribution in [0.2, 0.25) is 0 Å². The Hall–Kier alpha value is -3.03. The minimum Gasteiger partial charge on any atom is -0.354 e. The molecule has 1 saturated heterocycles. The summed E-state index contributed by atoms with van der Waals surface area (Å²) in [5.74, 6) is 1.82. The van der Waals surface area contributed by atoms with Crippen molar-refractivity contribution in [3.05, 3.63) is 41.6 Å². The summed E-state index contributed by atoms with van der Waals surface area (Å²) >= 11 is 0. The average molecular weight is 495 g/mol. The lowest BCUT2D eigenvalue weighted by molar-refractivity contribution is -0.132. The van der Waals surface area contributed by atoms with Gasteiger partial charge in [0.25, 0.3) is 0 Å². The Morgan fingerprint density at radius 2 is 1.81 bits per heavy atom. The molecule has 0 saturated carbocycles. The Morgan fingerprint density at radius 1 is 1.08 bits per heavy atom. The predicted molar refractivity (Wildman–Crippen MR) is 142 cm³/mol. The van der Waals surface area contributed by atoms with Crippen molar-refractivity contribution in [2.24, 2.45) is 5.41 Å². The summed E-state index contributed by atoms with van der Waals surface area (Å²) in [5, 5.41) is 5.72.